The van der Waals surface area contributed by atoms with E-state index in [2.05, 4.69) is 29.7 Å². The van der Waals surface area contributed by atoms with E-state index >= 15 is 0 Å². The number of nitrogens with two attached hydrogens (primary N) is 1. The van der Waals surface area contributed by atoms with Crippen LogP contribution < -0.4 is 11.3 Å². The van der Waals surface area contributed by atoms with Crippen LogP contribution in [0.5, 0.6) is 0 Å². The van der Waals surface area contributed by atoms with Crippen LogP contribution >= 0.6 is 0 Å². The average molecular weight is 242 g/mol. The van der Waals surface area contributed by atoms with Gasteiger partial charge in [0.05, 0.1) is 18.6 Å². The third-order valence-electron chi connectivity index (χ3n) is 3.90. The second-order valence-electron chi connectivity index (χ2n) is 4.90. The molecule has 3 heteroatoms. The average Bonchev–Trinajstić information content (AvgIpc) is 2.94. The van der Waals surface area contributed by atoms with Crippen LogP contribution in [0.1, 0.15) is 41.5 Å². The number of fused-ring (bicyclic) bond motifs is 1. The lowest BCUT2D eigenvalue weighted by molar-refractivity contribution is 0.404. The first-order chi connectivity index (χ1) is 8.90. The maximum absolute atomic E-state index is 5.76. The molecule has 2 aromatic rings. The Kier molecular flexibility index (Phi) is 3.17. The molecule has 18 heavy (non-hydrogen) atoms. The smallest absolute Gasteiger partial charge is 0.0951 e. The number of benzene rings is 1. The SMILES string of the molecule is NNC(c1ccoc1)C1CCCc2ccccc21. The van der Waals surface area contributed by atoms with Gasteiger partial charge in [-0.2, -0.15) is 0 Å². The lowest BCUT2D eigenvalue weighted by atomic mass is 9.77. The van der Waals surface area contributed by atoms with E-state index in [1.807, 2.05) is 6.07 Å². The maximum atomic E-state index is 5.76. The normalized spacial score (nSPS) is 20.4. The van der Waals surface area contributed by atoms with Crippen LogP contribution in [0, 0.1) is 0 Å². The molecule has 0 spiro atoms. The topological polar surface area (TPSA) is 51.2 Å². The fourth-order valence-electron chi connectivity index (χ4n) is 3.03. The summed E-state index contributed by atoms with van der Waals surface area (Å²) in [6.07, 6.45) is 7.04. The third kappa shape index (κ3) is 1.96. The van der Waals surface area contributed by atoms with Crippen LogP contribution in [-0.4, -0.2) is 0 Å². The van der Waals surface area contributed by atoms with E-state index in [1.54, 1.807) is 12.5 Å². The molecule has 1 heterocycles. The second kappa shape index (κ2) is 4.96. The number of furan rings is 1. The molecule has 1 aromatic carbocycles. The Balaban J connectivity index is 1.97. The van der Waals surface area contributed by atoms with Gasteiger partial charge in [0.1, 0.15) is 0 Å². The molecule has 0 amide bonds. The molecule has 0 saturated heterocycles. The van der Waals surface area contributed by atoms with Gasteiger partial charge in [-0.3, -0.25) is 11.3 Å². The standard InChI is InChI=1S/C15H18N2O/c16-17-15(12-8-9-18-10-12)14-7-3-5-11-4-1-2-6-13(11)14/h1-2,4,6,8-10,14-15,17H,3,5,7,16H2. The highest BCUT2D eigenvalue weighted by molar-refractivity contribution is 5.35. The lowest BCUT2D eigenvalue weighted by Crippen LogP contribution is -2.33. The Morgan fingerprint density at radius 3 is 2.94 bits per heavy atom. The van der Waals surface area contributed by atoms with Crippen molar-refractivity contribution in [1.29, 1.82) is 0 Å². The summed E-state index contributed by atoms with van der Waals surface area (Å²) in [6, 6.07) is 10.8. The van der Waals surface area contributed by atoms with Crippen LogP contribution in [0.25, 0.3) is 0 Å². The Morgan fingerprint density at radius 1 is 1.28 bits per heavy atom. The quantitative estimate of drug-likeness (QED) is 0.642. The molecule has 1 aromatic heterocycles. The molecule has 0 bridgehead atoms. The van der Waals surface area contributed by atoms with Crippen LogP contribution in [-0.2, 0) is 6.42 Å². The number of rotatable bonds is 3. The minimum Gasteiger partial charge on any atom is -0.472 e. The van der Waals surface area contributed by atoms with E-state index in [4.69, 9.17) is 10.3 Å². The summed E-state index contributed by atoms with van der Waals surface area (Å²) in [5.74, 6) is 6.19. The first-order valence-electron chi connectivity index (χ1n) is 6.46. The van der Waals surface area contributed by atoms with Gasteiger partial charge >= 0.3 is 0 Å². The molecule has 0 fully saturated rings. The summed E-state index contributed by atoms with van der Waals surface area (Å²) in [5.41, 5.74) is 6.96. The summed E-state index contributed by atoms with van der Waals surface area (Å²) in [7, 11) is 0. The predicted octanol–water partition coefficient (Wildman–Crippen LogP) is 2.90. The predicted molar refractivity (Wildman–Crippen MR) is 70.9 cm³/mol. The highest BCUT2D eigenvalue weighted by Gasteiger charge is 2.28. The van der Waals surface area contributed by atoms with E-state index in [0.717, 1.165) is 12.0 Å². The Morgan fingerprint density at radius 2 is 2.17 bits per heavy atom. The van der Waals surface area contributed by atoms with Gasteiger partial charge in [0, 0.05) is 11.5 Å². The fraction of sp³-hybridized carbons (Fsp3) is 0.333. The van der Waals surface area contributed by atoms with Gasteiger partial charge in [0.2, 0.25) is 0 Å². The molecule has 3 rings (SSSR count). The summed E-state index contributed by atoms with van der Waals surface area (Å²) in [5, 5.41) is 0. The molecular weight excluding hydrogens is 224 g/mol. The molecule has 2 atom stereocenters. The van der Waals surface area contributed by atoms with Gasteiger partial charge < -0.3 is 4.42 Å². The first-order valence-corrected chi connectivity index (χ1v) is 6.46. The summed E-state index contributed by atoms with van der Waals surface area (Å²) in [6.45, 7) is 0. The van der Waals surface area contributed by atoms with Crippen LogP contribution in [0.3, 0.4) is 0 Å². The maximum Gasteiger partial charge on any atom is 0.0951 e. The van der Waals surface area contributed by atoms with Crippen molar-refractivity contribution in [2.24, 2.45) is 5.84 Å². The zero-order valence-corrected chi connectivity index (χ0v) is 10.3. The number of hydrogen-bond acceptors (Lipinski definition) is 3. The van der Waals surface area contributed by atoms with Crippen molar-refractivity contribution in [3.05, 3.63) is 59.5 Å². The molecule has 1 aliphatic carbocycles. The Bertz CT molecular complexity index is 507. The minimum absolute atomic E-state index is 0.130. The Labute approximate surface area is 107 Å². The van der Waals surface area contributed by atoms with Crippen molar-refractivity contribution < 1.29 is 4.42 Å². The number of hydrogen-bond donors (Lipinski definition) is 2. The molecule has 0 radical (unpaired) electrons. The lowest BCUT2D eigenvalue weighted by Gasteiger charge is -2.31. The van der Waals surface area contributed by atoms with E-state index < -0.39 is 0 Å². The van der Waals surface area contributed by atoms with Crippen molar-refractivity contribution in [3.8, 4) is 0 Å². The summed E-state index contributed by atoms with van der Waals surface area (Å²) >= 11 is 0. The van der Waals surface area contributed by atoms with Crippen LogP contribution in [0.15, 0.2) is 47.3 Å². The van der Waals surface area contributed by atoms with E-state index in [9.17, 15) is 0 Å². The number of nitrogens with one attached hydrogen (secondary N) is 1. The van der Waals surface area contributed by atoms with Crippen molar-refractivity contribution in [2.75, 3.05) is 0 Å². The largest absolute Gasteiger partial charge is 0.472 e. The third-order valence-corrected chi connectivity index (χ3v) is 3.90. The highest BCUT2D eigenvalue weighted by Crippen LogP contribution is 2.39. The van der Waals surface area contributed by atoms with Crippen molar-refractivity contribution in [3.63, 3.8) is 0 Å². The molecule has 2 unspecified atom stereocenters. The molecule has 0 aliphatic heterocycles. The molecule has 0 saturated carbocycles. The number of aryl methyl sites for hydroxylation is 1. The van der Waals surface area contributed by atoms with Gasteiger partial charge in [-0.1, -0.05) is 24.3 Å². The monoisotopic (exact) mass is 242 g/mol. The fourth-order valence-corrected chi connectivity index (χ4v) is 3.03. The van der Waals surface area contributed by atoms with Crippen molar-refractivity contribution in [1.82, 2.24) is 5.43 Å². The summed E-state index contributed by atoms with van der Waals surface area (Å²) in [4.78, 5) is 0. The van der Waals surface area contributed by atoms with Crippen molar-refractivity contribution in [2.45, 2.75) is 31.2 Å². The Hall–Kier alpha value is -1.58. The van der Waals surface area contributed by atoms with E-state index in [1.165, 1.54) is 24.0 Å². The first kappa shape index (κ1) is 11.5. The molecule has 1 aliphatic rings. The molecule has 3 N–H and O–H groups in total. The van der Waals surface area contributed by atoms with E-state index in [0.29, 0.717) is 5.92 Å². The molecular formula is C15H18N2O. The highest BCUT2D eigenvalue weighted by atomic mass is 16.3. The molecule has 94 valence electrons. The number of hydrazine groups is 1. The zero-order valence-electron chi connectivity index (χ0n) is 10.3. The van der Waals surface area contributed by atoms with Gasteiger partial charge in [0.25, 0.3) is 0 Å². The van der Waals surface area contributed by atoms with Crippen LogP contribution in [0.2, 0.25) is 0 Å². The zero-order chi connectivity index (χ0) is 12.4. The summed E-state index contributed by atoms with van der Waals surface area (Å²) < 4.78 is 5.18. The van der Waals surface area contributed by atoms with Gasteiger partial charge in [0.15, 0.2) is 0 Å². The van der Waals surface area contributed by atoms with Crippen molar-refractivity contribution >= 4 is 0 Å². The molecule has 3 nitrogen and oxygen atoms in total. The van der Waals surface area contributed by atoms with Gasteiger partial charge in [-0.25, -0.2) is 0 Å². The van der Waals surface area contributed by atoms with E-state index in [-0.39, 0.29) is 6.04 Å². The second-order valence-corrected chi connectivity index (χ2v) is 4.90. The van der Waals surface area contributed by atoms with Crippen LogP contribution in [0.4, 0.5) is 0 Å². The van der Waals surface area contributed by atoms with Gasteiger partial charge in [-0.05, 0) is 36.5 Å². The minimum atomic E-state index is 0.130. The van der Waals surface area contributed by atoms with Gasteiger partial charge in [-0.15, -0.1) is 0 Å².